The Morgan fingerprint density at radius 1 is 1.19 bits per heavy atom. The van der Waals surface area contributed by atoms with E-state index in [1.807, 2.05) is 0 Å². The Bertz CT molecular complexity index is 636. The molecule has 0 unspecified atom stereocenters. The maximum atomic E-state index is 13.3. The molecule has 0 atom stereocenters. The van der Waals surface area contributed by atoms with Gasteiger partial charge in [0.25, 0.3) is 0 Å². The maximum Gasteiger partial charge on any atom is 0.338 e. The van der Waals surface area contributed by atoms with Crippen molar-refractivity contribution in [2.24, 2.45) is 0 Å². The maximum absolute atomic E-state index is 13.3. The molecule has 0 aliphatic rings. The number of halogens is 1. The molecule has 21 heavy (non-hydrogen) atoms. The highest BCUT2D eigenvalue weighted by Gasteiger charge is 2.11. The summed E-state index contributed by atoms with van der Waals surface area (Å²) in [6, 6.07) is 12.5. The fourth-order valence-corrected chi connectivity index (χ4v) is 2.81. The molecule has 0 amide bonds. The standard InChI is InChI=1S/C17H17FO2S/c1-11(2)13-5-3-12(4-6-13)10-21-14-7-8-16(18)15(9-14)17(19)20/h3-9,11H,10H2,1-2H3,(H,19,20). The highest BCUT2D eigenvalue weighted by molar-refractivity contribution is 7.98. The van der Waals surface area contributed by atoms with Crippen LogP contribution >= 0.6 is 11.8 Å². The van der Waals surface area contributed by atoms with E-state index in [-0.39, 0.29) is 5.56 Å². The molecule has 1 N–H and O–H groups in total. The average Bonchev–Trinajstić information content (AvgIpc) is 2.46. The number of thioether (sulfide) groups is 1. The third-order valence-corrected chi connectivity index (χ3v) is 4.29. The summed E-state index contributed by atoms with van der Waals surface area (Å²) in [7, 11) is 0. The Kier molecular flexibility index (Phi) is 5.02. The van der Waals surface area contributed by atoms with Gasteiger partial charge >= 0.3 is 5.97 Å². The molecule has 0 spiro atoms. The molecule has 0 fully saturated rings. The van der Waals surface area contributed by atoms with Gasteiger partial charge in [0, 0.05) is 10.6 Å². The molecule has 4 heteroatoms. The van der Waals surface area contributed by atoms with Gasteiger partial charge in [0.1, 0.15) is 5.82 Å². The first-order valence-electron chi connectivity index (χ1n) is 6.72. The first kappa shape index (κ1) is 15.6. The fraction of sp³-hybridized carbons (Fsp3) is 0.235. The summed E-state index contributed by atoms with van der Waals surface area (Å²) >= 11 is 1.50. The summed E-state index contributed by atoms with van der Waals surface area (Å²) in [4.78, 5) is 11.7. The summed E-state index contributed by atoms with van der Waals surface area (Å²) in [5, 5.41) is 8.91. The molecule has 0 aromatic heterocycles. The topological polar surface area (TPSA) is 37.3 Å². The van der Waals surface area contributed by atoms with Gasteiger partial charge in [-0.25, -0.2) is 9.18 Å². The van der Waals surface area contributed by atoms with Gasteiger partial charge in [0.05, 0.1) is 5.56 Å². The number of carbonyl (C=O) groups is 1. The minimum absolute atomic E-state index is 0.282. The van der Waals surface area contributed by atoms with Crippen LogP contribution in [-0.2, 0) is 5.75 Å². The lowest BCUT2D eigenvalue weighted by Gasteiger charge is -2.07. The lowest BCUT2D eigenvalue weighted by molar-refractivity contribution is 0.0691. The number of aromatic carboxylic acids is 1. The predicted molar refractivity (Wildman–Crippen MR) is 83.5 cm³/mol. The number of hydrogen-bond donors (Lipinski definition) is 1. The van der Waals surface area contributed by atoms with Gasteiger partial charge < -0.3 is 5.11 Å². The lowest BCUT2D eigenvalue weighted by Crippen LogP contribution is -2.00. The molecule has 2 aromatic carbocycles. The predicted octanol–water partition coefficient (Wildman–Crippen LogP) is 4.94. The number of carboxylic acid groups (broad SMARTS) is 1. The SMILES string of the molecule is CC(C)c1ccc(CSc2ccc(F)c(C(=O)O)c2)cc1. The van der Waals surface area contributed by atoms with E-state index in [1.54, 1.807) is 6.07 Å². The van der Waals surface area contributed by atoms with Gasteiger partial charge in [-0.1, -0.05) is 38.1 Å². The van der Waals surface area contributed by atoms with E-state index in [1.165, 1.54) is 29.5 Å². The molecule has 2 rings (SSSR count). The van der Waals surface area contributed by atoms with Crippen molar-refractivity contribution in [1.29, 1.82) is 0 Å². The van der Waals surface area contributed by atoms with Crippen LogP contribution in [0.15, 0.2) is 47.4 Å². The van der Waals surface area contributed by atoms with Crippen LogP contribution in [0, 0.1) is 5.82 Å². The number of carboxylic acids is 1. The van der Waals surface area contributed by atoms with Crippen LogP contribution in [0.2, 0.25) is 0 Å². The van der Waals surface area contributed by atoms with E-state index in [4.69, 9.17) is 5.11 Å². The number of hydrogen-bond acceptors (Lipinski definition) is 2. The van der Waals surface area contributed by atoms with Gasteiger partial charge in [-0.15, -0.1) is 11.8 Å². The second-order valence-electron chi connectivity index (χ2n) is 5.13. The van der Waals surface area contributed by atoms with Crippen LogP contribution in [-0.4, -0.2) is 11.1 Å². The Morgan fingerprint density at radius 3 is 2.43 bits per heavy atom. The first-order chi connectivity index (χ1) is 9.97. The van der Waals surface area contributed by atoms with Gasteiger partial charge in [-0.3, -0.25) is 0 Å². The second-order valence-corrected chi connectivity index (χ2v) is 6.18. The van der Waals surface area contributed by atoms with E-state index in [0.29, 0.717) is 5.92 Å². The summed E-state index contributed by atoms with van der Waals surface area (Å²) in [5.41, 5.74) is 2.17. The summed E-state index contributed by atoms with van der Waals surface area (Å²) in [6.07, 6.45) is 0. The van der Waals surface area contributed by atoms with Crippen LogP contribution < -0.4 is 0 Å². The third kappa shape index (κ3) is 4.08. The van der Waals surface area contributed by atoms with Crippen LogP contribution in [0.3, 0.4) is 0 Å². The molecular formula is C17H17FO2S. The normalized spacial score (nSPS) is 10.9. The van der Waals surface area contributed by atoms with Crippen molar-refractivity contribution >= 4 is 17.7 Å². The van der Waals surface area contributed by atoms with Crippen molar-refractivity contribution in [2.45, 2.75) is 30.4 Å². The van der Waals surface area contributed by atoms with Crippen molar-refractivity contribution in [3.8, 4) is 0 Å². The first-order valence-corrected chi connectivity index (χ1v) is 7.70. The highest BCUT2D eigenvalue weighted by Crippen LogP contribution is 2.25. The Labute approximate surface area is 128 Å². The fourth-order valence-electron chi connectivity index (χ4n) is 1.92. The average molecular weight is 304 g/mol. The Balaban J connectivity index is 2.06. The van der Waals surface area contributed by atoms with Gasteiger partial charge in [0.2, 0.25) is 0 Å². The van der Waals surface area contributed by atoms with Crippen molar-refractivity contribution in [3.05, 3.63) is 65.0 Å². The van der Waals surface area contributed by atoms with Gasteiger partial charge in [0.15, 0.2) is 0 Å². The summed E-state index contributed by atoms with van der Waals surface area (Å²) < 4.78 is 13.3. The molecule has 0 radical (unpaired) electrons. The lowest BCUT2D eigenvalue weighted by atomic mass is 10.0. The van der Waals surface area contributed by atoms with E-state index in [9.17, 15) is 9.18 Å². The quantitative estimate of drug-likeness (QED) is 0.795. The highest BCUT2D eigenvalue weighted by atomic mass is 32.2. The molecule has 0 bridgehead atoms. The molecule has 2 nitrogen and oxygen atoms in total. The Hall–Kier alpha value is -1.81. The van der Waals surface area contributed by atoms with Crippen molar-refractivity contribution in [2.75, 3.05) is 0 Å². The monoisotopic (exact) mass is 304 g/mol. The van der Waals surface area contributed by atoms with Gasteiger partial charge in [-0.05, 0) is 35.2 Å². The molecular weight excluding hydrogens is 287 g/mol. The van der Waals surface area contributed by atoms with Gasteiger partial charge in [-0.2, -0.15) is 0 Å². The van der Waals surface area contributed by atoms with Crippen LogP contribution in [0.4, 0.5) is 4.39 Å². The van der Waals surface area contributed by atoms with Crippen molar-refractivity contribution in [3.63, 3.8) is 0 Å². The number of benzene rings is 2. The van der Waals surface area contributed by atoms with E-state index in [2.05, 4.69) is 38.1 Å². The minimum atomic E-state index is -1.24. The smallest absolute Gasteiger partial charge is 0.338 e. The molecule has 0 aliphatic carbocycles. The van der Waals surface area contributed by atoms with Crippen LogP contribution in [0.1, 0.15) is 41.3 Å². The third-order valence-electron chi connectivity index (χ3n) is 3.22. The molecule has 0 saturated carbocycles. The Morgan fingerprint density at radius 2 is 1.86 bits per heavy atom. The second kappa shape index (κ2) is 6.76. The summed E-state index contributed by atoms with van der Waals surface area (Å²) in [5.74, 6) is -0.713. The molecule has 0 heterocycles. The molecule has 0 aliphatic heterocycles. The van der Waals surface area contributed by atoms with Crippen molar-refractivity contribution in [1.82, 2.24) is 0 Å². The minimum Gasteiger partial charge on any atom is -0.478 e. The molecule has 0 saturated heterocycles. The van der Waals surface area contributed by atoms with E-state index >= 15 is 0 Å². The molecule has 2 aromatic rings. The van der Waals surface area contributed by atoms with Crippen molar-refractivity contribution < 1.29 is 14.3 Å². The van der Waals surface area contributed by atoms with Crippen LogP contribution in [0.5, 0.6) is 0 Å². The van der Waals surface area contributed by atoms with Crippen LogP contribution in [0.25, 0.3) is 0 Å². The molecule has 110 valence electrons. The summed E-state index contributed by atoms with van der Waals surface area (Å²) in [6.45, 7) is 4.30. The van der Waals surface area contributed by atoms with E-state index in [0.717, 1.165) is 16.2 Å². The van der Waals surface area contributed by atoms with E-state index < -0.39 is 11.8 Å². The zero-order chi connectivity index (χ0) is 15.4. The largest absolute Gasteiger partial charge is 0.478 e. The number of rotatable bonds is 5. The zero-order valence-corrected chi connectivity index (χ0v) is 12.8. The zero-order valence-electron chi connectivity index (χ0n) is 12.0.